The Bertz CT molecular complexity index is 863. The Balaban J connectivity index is 1.76. The summed E-state index contributed by atoms with van der Waals surface area (Å²) in [5.74, 6) is -1.58. The van der Waals surface area contributed by atoms with E-state index in [1.165, 1.54) is 4.90 Å². The van der Waals surface area contributed by atoms with Crippen LogP contribution in [0.1, 0.15) is 31.2 Å². The number of carboxylic acids is 1. The van der Waals surface area contributed by atoms with Crippen molar-refractivity contribution in [2.45, 2.75) is 38.1 Å². The van der Waals surface area contributed by atoms with Crippen LogP contribution in [-0.2, 0) is 20.8 Å². The number of nitrogens with zero attached hydrogens (tertiary/aromatic N) is 1. The molecule has 1 fully saturated rings. The normalized spacial score (nSPS) is 15.6. The lowest BCUT2D eigenvalue weighted by Crippen LogP contribution is -2.51. The molecule has 1 aliphatic rings. The van der Waals surface area contributed by atoms with E-state index in [1.807, 2.05) is 60.7 Å². The SMILES string of the molecule is CN(C(=O)[C@H](Cc1ccccc1)NC(=O)CC1(C(=O)O)CCC1)c1ccccc1. The maximum Gasteiger partial charge on any atom is 0.310 e. The summed E-state index contributed by atoms with van der Waals surface area (Å²) in [6, 6.07) is 17.9. The van der Waals surface area contributed by atoms with Crippen LogP contribution in [0.4, 0.5) is 5.69 Å². The molecule has 2 aromatic rings. The van der Waals surface area contributed by atoms with Crippen LogP contribution in [0.2, 0.25) is 0 Å². The Morgan fingerprint density at radius 3 is 2.14 bits per heavy atom. The molecule has 0 aromatic heterocycles. The second-order valence-electron chi connectivity index (χ2n) is 7.66. The minimum atomic E-state index is -0.990. The van der Waals surface area contributed by atoms with Gasteiger partial charge in [-0.3, -0.25) is 14.4 Å². The van der Waals surface area contributed by atoms with Crippen LogP contribution in [0, 0.1) is 5.41 Å². The van der Waals surface area contributed by atoms with Crippen LogP contribution >= 0.6 is 0 Å². The van der Waals surface area contributed by atoms with Gasteiger partial charge in [0, 0.05) is 25.6 Å². The van der Waals surface area contributed by atoms with Crippen molar-refractivity contribution in [3.05, 3.63) is 66.2 Å². The maximum atomic E-state index is 13.2. The molecule has 0 unspecified atom stereocenters. The fourth-order valence-corrected chi connectivity index (χ4v) is 3.68. The monoisotopic (exact) mass is 394 g/mol. The van der Waals surface area contributed by atoms with Gasteiger partial charge in [-0.1, -0.05) is 55.0 Å². The van der Waals surface area contributed by atoms with Gasteiger partial charge < -0.3 is 15.3 Å². The minimum absolute atomic E-state index is 0.101. The fraction of sp³-hybridized carbons (Fsp3) is 0.348. The third-order valence-electron chi connectivity index (χ3n) is 5.65. The fourth-order valence-electron chi connectivity index (χ4n) is 3.68. The number of anilines is 1. The first-order chi connectivity index (χ1) is 13.9. The largest absolute Gasteiger partial charge is 0.481 e. The highest BCUT2D eigenvalue weighted by atomic mass is 16.4. The molecule has 0 bridgehead atoms. The summed E-state index contributed by atoms with van der Waals surface area (Å²) in [6.07, 6.45) is 2.04. The molecule has 6 heteroatoms. The van der Waals surface area contributed by atoms with E-state index in [2.05, 4.69) is 5.32 Å². The van der Waals surface area contributed by atoms with Crippen LogP contribution in [0.3, 0.4) is 0 Å². The summed E-state index contributed by atoms with van der Waals surface area (Å²) in [4.78, 5) is 38.9. The van der Waals surface area contributed by atoms with Gasteiger partial charge in [0.2, 0.25) is 11.8 Å². The zero-order chi connectivity index (χ0) is 20.9. The molecule has 1 saturated carbocycles. The van der Waals surface area contributed by atoms with E-state index in [-0.39, 0.29) is 12.3 Å². The summed E-state index contributed by atoms with van der Waals surface area (Å²) in [7, 11) is 1.67. The van der Waals surface area contributed by atoms with Crippen molar-refractivity contribution in [3.63, 3.8) is 0 Å². The van der Waals surface area contributed by atoms with Gasteiger partial charge in [-0.25, -0.2) is 0 Å². The predicted molar refractivity (Wildman–Crippen MR) is 110 cm³/mol. The molecule has 0 aliphatic heterocycles. The van der Waals surface area contributed by atoms with Gasteiger partial charge in [0.15, 0.2) is 0 Å². The van der Waals surface area contributed by atoms with Gasteiger partial charge in [-0.05, 0) is 30.5 Å². The Morgan fingerprint density at radius 2 is 1.62 bits per heavy atom. The van der Waals surface area contributed by atoms with Crippen molar-refractivity contribution in [2.24, 2.45) is 5.41 Å². The molecule has 2 N–H and O–H groups in total. The van der Waals surface area contributed by atoms with E-state index in [1.54, 1.807) is 7.05 Å². The number of rotatable bonds is 8. The average molecular weight is 394 g/mol. The van der Waals surface area contributed by atoms with E-state index in [4.69, 9.17) is 0 Å². The van der Waals surface area contributed by atoms with Crippen molar-refractivity contribution in [2.75, 3.05) is 11.9 Å². The number of para-hydroxylation sites is 1. The third-order valence-corrected chi connectivity index (χ3v) is 5.65. The minimum Gasteiger partial charge on any atom is -0.481 e. The number of carboxylic acid groups (broad SMARTS) is 1. The van der Waals surface area contributed by atoms with E-state index >= 15 is 0 Å². The summed E-state index contributed by atoms with van der Waals surface area (Å²) in [5.41, 5.74) is 0.658. The maximum absolute atomic E-state index is 13.2. The van der Waals surface area contributed by atoms with Crippen molar-refractivity contribution < 1.29 is 19.5 Å². The number of carbonyl (C=O) groups excluding carboxylic acids is 2. The van der Waals surface area contributed by atoms with Gasteiger partial charge in [-0.2, -0.15) is 0 Å². The highest BCUT2D eigenvalue weighted by Gasteiger charge is 2.46. The van der Waals surface area contributed by atoms with Crippen LogP contribution < -0.4 is 10.2 Å². The predicted octanol–water partition coefficient (Wildman–Crippen LogP) is 3.02. The Morgan fingerprint density at radius 1 is 1.03 bits per heavy atom. The first-order valence-corrected chi connectivity index (χ1v) is 9.81. The molecule has 1 atom stereocenters. The van der Waals surface area contributed by atoms with Gasteiger partial charge >= 0.3 is 5.97 Å². The van der Waals surface area contributed by atoms with E-state index in [9.17, 15) is 19.5 Å². The number of hydrogen-bond acceptors (Lipinski definition) is 3. The second kappa shape index (κ2) is 8.90. The third kappa shape index (κ3) is 4.83. The molecule has 0 spiro atoms. The quantitative estimate of drug-likeness (QED) is 0.721. The van der Waals surface area contributed by atoms with Crippen LogP contribution in [-0.4, -0.2) is 36.0 Å². The molecule has 2 amide bonds. The molecule has 1 aliphatic carbocycles. The number of aliphatic carboxylic acids is 1. The molecule has 0 saturated heterocycles. The van der Waals surface area contributed by atoms with Gasteiger partial charge in [-0.15, -0.1) is 0 Å². The lowest BCUT2D eigenvalue weighted by molar-refractivity contribution is -0.157. The molecular weight excluding hydrogens is 368 g/mol. The topological polar surface area (TPSA) is 86.7 Å². The highest BCUT2D eigenvalue weighted by molar-refractivity contribution is 5.99. The van der Waals surface area contributed by atoms with Crippen molar-refractivity contribution in [3.8, 4) is 0 Å². The summed E-state index contributed by atoms with van der Waals surface area (Å²) >= 11 is 0. The second-order valence-corrected chi connectivity index (χ2v) is 7.66. The van der Waals surface area contributed by atoms with E-state index < -0.39 is 23.3 Å². The number of likely N-dealkylation sites (N-methyl/N-ethyl adjacent to an activating group) is 1. The van der Waals surface area contributed by atoms with Gasteiger partial charge in [0.1, 0.15) is 6.04 Å². The molecule has 2 aromatic carbocycles. The first kappa shape index (κ1) is 20.6. The number of hydrogen-bond donors (Lipinski definition) is 2. The molecule has 6 nitrogen and oxygen atoms in total. The van der Waals surface area contributed by atoms with E-state index in [0.29, 0.717) is 19.3 Å². The molecular formula is C23H26N2O4. The van der Waals surface area contributed by atoms with Crippen molar-refractivity contribution >= 4 is 23.5 Å². The lowest BCUT2D eigenvalue weighted by Gasteiger charge is -2.37. The Hall–Kier alpha value is -3.15. The molecule has 0 radical (unpaired) electrons. The summed E-state index contributed by atoms with van der Waals surface area (Å²) in [6.45, 7) is 0. The van der Waals surface area contributed by atoms with Crippen LogP contribution in [0.15, 0.2) is 60.7 Å². The van der Waals surface area contributed by atoms with E-state index in [0.717, 1.165) is 17.7 Å². The zero-order valence-electron chi connectivity index (χ0n) is 16.5. The van der Waals surface area contributed by atoms with Gasteiger partial charge in [0.25, 0.3) is 0 Å². The summed E-state index contributed by atoms with van der Waals surface area (Å²) in [5, 5.41) is 12.3. The molecule has 29 heavy (non-hydrogen) atoms. The van der Waals surface area contributed by atoms with Crippen LogP contribution in [0.5, 0.6) is 0 Å². The standard InChI is InChI=1S/C23H26N2O4/c1-25(18-11-6-3-7-12-18)21(27)19(15-17-9-4-2-5-10-17)24-20(26)16-23(22(28)29)13-8-14-23/h2-7,9-12,19H,8,13-16H2,1H3,(H,24,26)(H,28,29)/t19-/m0/s1. The number of carbonyl (C=O) groups is 3. The zero-order valence-corrected chi connectivity index (χ0v) is 16.5. The molecule has 0 heterocycles. The average Bonchev–Trinajstić information content (AvgIpc) is 2.70. The first-order valence-electron chi connectivity index (χ1n) is 9.81. The number of nitrogens with one attached hydrogen (secondary N) is 1. The molecule has 152 valence electrons. The summed E-state index contributed by atoms with van der Waals surface area (Å²) < 4.78 is 0. The van der Waals surface area contributed by atoms with Crippen LogP contribution in [0.25, 0.3) is 0 Å². The highest BCUT2D eigenvalue weighted by Crippen LogP contribution is 2.44. The Kier molecular flexibility index (Phi) is 6.32. The van der Waals surface area contributed by atoms with Gasteiger partial charge in [0.05, 0.1) is 5.41 Å². The number of amides is 2. The smallest absolute Gasteiger partial charge is 0.310 e. The van der Waals surface area contributed by atoms with Crippen molar-refractivity contribution in [1.29, 1.82) is 0 Å². The lowest BCUT2D eigenvalue weighted by atomic mass is 9.66. The van der Waals surface area contributed by atoms with Crippen molar-refractivity contribution in [1.82, 2.24) is 5.32 Å². The molecule has 3 rings (SSSR count). The number of benzene rings is 2. The Labute approximate surface area is 170 Å².